The summed E-state index contributed by atoms with van der Waals surface area (Å²) < 4.78 is 22.4. The first-order valence-corrected chi connectivity index (χ1v) is 6.49. The number of halogens is 1. The van der Waals surface area contributed by atoms with Crippen molar-refractivity contribution < 1.29 is 8.76 Å². The van der Waals surface area contributed by atoms with Crippen LogP contribution in [0.5, 0.6) is 0 Å². The van der Waals surface area contributed by atoms with E-state index in [1.807, 2.05) is 24.3 Å². The normalized spacial score (nSPS) is 12.4. The van der Waals surface area contributed by atoms with Gasteiger partial charge in [0.25, 0.3) is 0 Å². The van der Waals surface area contributed by atoms with E-state index in [1.165, 1.54) is 0 Å². The minimum Gasteiger partial charge on any atom is -0.768 e. The van der Waals surface area contributed by atoms with E-state index in [9.17, 15) is 8.76 Å². The Balaban J connectivity index is 2.34. The Morgan fingerprint density at radius 3 is 1.75 bits per heavy atom. The largest absolute Gasteiger partial charge is 0.768 e. The van der Waals surface area contributed by atoms with Crippen LogP contribution in [0.3, 0.4) is 0 Å². The SMILES string of the molecule is O=S([O-])c1ccc(-c2ccc(Br)cc2)cc1. The molecule has 0 aliphatic rings. The van der Waals surface area contributed by atoms with Crippen LogP contribution in [0.25, 0.3) is 11.1 Å². The lowest BCUT2D eigenvalue weighted by Crippen LogP contribution is -1.87. The topological polar surface area (TPSA) is 40.1 Å². The summed E-state index contributed by atoms with van der Waals surface area (Å²) in [4.78, 5) is 0.306. The Morgan fingerprint density at radius 1 is 0.875 bits per heavy atom. The number of rotatable bonds is 2. The van der Waals surface area contributed by atoms with E-state index in [-0.39, 0.29) is 0 Å². The third-order valence-corrected chi connectivity index (χ3v) is 3.41. The summed E-state index contributed by atoms with van der Waals surface area (Å²) in [5.74, 6) is 0. The zero-order valence-electron chi connectivity index (χ0n) is 8.22. The molecule has 0 aliphatic carbocycles. The van der Waals surface area contributed by atoms with Gasteiger partial charge >= 0.3 is 0 Å². The first kappa shape index (κ1) is 11.5. The molecule has 2 rings (SSSR count). The van der Waals surface area contributed by atoms with E-state index in [4.69, 9.17) is 0 Å². The molecule has 0 radical (unpaired) electrons. The van der Waals surface area contributed by atoms with Crippen LogP contribution in [0.4, 0.5) is 0 Å². The fraction of sp³-hybridized carbons (Fsp3) is 0. The molecule has 1 atom stereocenters. The van der Waals surface area contributed by atoms with Crippen molar-refractivity contribution in [3.8, 4) is 11.1 Å². The summed E-state index contributed by atoms with van der Waals surface area (Å²) in [6.45, 7) is 0. The van der Waals surface area contributed by atoms with Gasteiger partial charge in [-0.25, -0.2) is 0 Å². The lowest BCUT2D eigenvalue weighted by Gasteiger charge is -2.06. The van der Waals surface area contributed by atoms with Crippen molar-refractivity contribution in [2.24, 2.45) is 0 Å². The molecule has 0 aromatic heterocycles. The number of hydrogen-bond acceptors (Lipinski definition) is 2. The molecule has 0 saturated carbocycles. The van der Waals surface area contributed by atoms with E-state index in [2.05, 4.69) is 15.9 Å². The highest BCUT2D eigenvalue weighted by molar-refractivity contribution is 9.10. The summed E-state index contributed by atoms with van der Waals surface area (Å²) in [6.07, 6.45) is 0. The van der Waals surface area contributed by atoms with Gasteiger partial charge in [-0.15, -0.1) is 0 Å². The van der Waals surface area contributed by atoms with Crippen LogP contribution in [-0.4, -0.2) is 8.76 Å². The smallest absolute Gasteiger partial charge is 0.0249 e. The van der Waals surface area contributed by atoms with Crippen molar-refractivity contribution in [2.75, 3.05) is 0 Å². The van der Waals surface area contributed by atoms with Crippen LogP contribution in [-0.2, 0) is 11.1 Å². The Hall–Kier alpha value is -0.970. The Morgan fingerprint density at radius 2 is 1.31 bits per heavy atom. The molecule has 16 heavy (non-hydrogen) atoms. The second-order valence-corrected chi connectivity index (χ2v) is 5.12. The van der Waals surface area contributed by atoms with E-state index < -0.39 is 11.1 Å². The van der Waals surface area contributed by atoms with E-state index >= 15 is 0 Å². The van der Waals surface area contributed by atoms with Gasteiger partial charge in [0.15, 0.2) is 0 Å². The summed E-state index contributed by atoms with van der Waals surface area (Å²) in [7, 11) is 0. The van der Waals surface area contributed by atoms with Crippen molar-refractivity contribution in [3.63, 3.8) is 0 Å². The van der Waals surface area contributed by atoms with Crippen molar-refractivity contribution in [1.29, 1.82) is 0 Å². The molecule has 0 fully saturated rings. The van der Waals surface area contributed by atoms with E-state index in [0.717, 1.165) is 15.6 Å². The van der Waals surface area contributed by atoms with Crippen molar-refractivity contribution in [3.05, 3.63) is 53.0 Å². The minimum absolute atomic E-state index is 0.306. The summed E-state index contributed by atoms with van der Waals surface area (Å²) in [5.41, 5.74) is 2.06. The predicted molar refractivity (Wildman–Crippen MR) is 66.8 cm³/mol. The average Bonchev–Trinajstić information content (AvgIpc) is 2.30. The fourth-order valence-electron chi connectivity index (χ4n) is 1.40. The van der Waals surface area contributed by atoms with Gasteiger partial charge in [0.2, 0.25) is 0 Å². The number of hydrogen-bond donors (Lipinski definition) is 0. The molecule has 0 N–H and O–H groups in total. The molecule has 4 heteroatoms. The monoisotopic (exact) mass is 295 g/mol. The molecule has 2 nitrogen and oxygen atoms in total. The molecule has 0 spiro atoms. The maximum atomic E-state index is 10.7. The quantitative estimate of drug-likeness (QED) is 0.797. The standard InChI is InChI=1S/C12H9BrO2S/c13-11-5-1-9(2-6-11)10-3-7-12(8-4-10)16(14)15/h1-8H,(H,14,15)/p-1. The predicted octanol–water partition coefficient (Wildman–Crippen LogP) is 3.35. The maximum absolute atomic E-state index is 10.7. The highest BCUT2D eigenvalue weighted by Crippen LogP contribution is 2.22. The molecule has 0 bridgehead atoms. The van der Waals surface area contributed by atoms with Gasteiger partial charge in [-0.3, -0.25) is 4.21 Å². The third kappa shape index (κ3) is 2.58. The van der Waals surface area contributed by atoms with Crippen molar-refractivity contribution >= 4 is 27.0 Å². The van der Waals surface area contributed by atoms with Crippen LogP contribution in [0.1, 0.15) is 0 Å². The van der Waals surface area contributed by atoms with Gasteiger partial charge in [0, 0.05) is 9.37 Å². The first-order chi connectivity index (χ1) is 7.66. The van der Waals surface area contributed by atoms with Crippen LogP contribution in [0, 0.1) is 0 Å². The molecule has 2 aromatic rings. The van der Waals surface area contributed by atoms with E-state index in [1.54, 1.807) is 24.3 Å². The fourth-order valence-corrected chi connectivity index (χ4v) is 2.02. The van der Waals surface area contributed by atoms with E-state index in [0.29, 0.717) is 4.90 Å². The summed E-state index contributed by atoms with van der Waals surface area (Å²) in [5, 5.41) is 0. The first-order valence-electron chi connectivity index (χ1n) is 4.62. The van der Waals surface area contributed by atoms with Crippen LogP contribution in [0.2, 0.25) is 0 Å². The molecule has 0 aliphatic heterocycles. The second-order valence-electron chi connectivity index (χ2n) is 3.27. The van der Waals surface area contributed by atoms with Gasteiger partial charge in [-0.1, -0.05) is 40.2 Å². The Bertz CT molecular complexity index is 506. The highest BCUT2D eigenvalue weighted by atomic mass is 79.9. The van der Waals surface area contributed by atoms with Crippen LogP contribution >= 0.6 is 15.9 Å². The van der Waals surface area contributed by atoms with Gasteiger partial charge in [0.05, 0.1) is 0 Å². The molecule has 2 aromatic carbocycles. The number of benzene rings is 2. The van der Waals surface area contributed by atoms with Crippen LogP contribution in [0.15, 0.2) is 57.9 Å². The van der Waals surface area contributed by atoms with Gasteiger partial charge in [0.1, 0.15) is 0 Å². The van der Waals surface area contributed by atoms with Gasteiger partial charge < -0.3 is 4.55 Å². The second kappa shape index (κ2) is 4.91. The lowest BCUT2D eigenvalue weighted by atomic mass is 10.1. The molecule has 0 heterocycles. The molecular weight excluding hydrogens is 288 g/mol. The highest BCUT2D eigenvalue weighted by Gasteiger charge is 1.98. The zero-order valence-corrected chi connectivity index (χ0v) is 10.6. The lowest BCUT2D eigenvalue weighted by molar-refractivity contribution is 0.537. The van der Waals surface area contributed by atoms with Crippen LogP contribution < -0.4 is 0 Å². The van der Waals surface area contributed by atoms with Gasteiger partial charge in [-0.05, 0) is 46.5 Å². The summed E-state index contributed by atoms with van der Waals surface area (Å²) >= 11 is 1.21. The molecule has 1 unspecified atom stereocenters. The van der Waals surface area contributed by atoms with Crippen molar-refractivity contribution in [1.82, 2.24) is 0 Å². The van der Waals surface area contributed by atoms with Crippen molar-refractivity contribution in [2.45, 2.75) is 4.90 Å². The molecule has 82 valence electrons. The maximum Gasteiger partial charge on any atom is 0.0249 e. The average molecular weight is 296 g/mol. The third-order valence-electron chi connectivity index (χ3n) is 2.22. The summed E-state index contributed by atoms with van der Waals surface area (Å²) in [6, 6.07) is 14.7. The zero-order chi connectivity index (χ0) is 11.5. The minimum atomic E-state index is -2.15. The molecule has 0 amide bonds. The molecule has 0 saturated heterocycles. The van der Waals surface area contributed by atoms with Gasteiger partial charge in [-0.2, -0.15) is 0 Å². The Labute approximate surface area is 105 Å². The molecular formula is C12H8BrO2S-. The Kier molecular flexibility index (Phi) is 3.53.